The number of hydrogen-bond donors (Lipinski definition) is 1. The van der Waals surface area contributed by atoms with Gasteiger partial charge in [0.2, 0.25) is 0 Å². The van der Waals surface area contributed by atoms with Crippen LogP contribution in [0, 0.1) is 0 Å². The quantitative estimate of drug-likeness (QED) is 0.920. The predicted octanol–water partition coefficient (Wildman–Crippen LogP) is 3.03. The van der Waals surface area contributed by atoms with Crippen LogP contribution in [0.1, 0.15) is 17.2 Å². The molecule has 0 spiro atoms. The van der Waals surface area contributed by atoms with Crippen LogP contribution in [0.25, 0.3) is 0 Å². The standard InChI is InChI=1S/C15H16ClNO3/c1-19-14-8-11(7-12(16)15(14)20-2)13(18)6-10-4-3-5-17-9-10/h3-5,7-9,13,18H,6H2,1-2H3. The zero-order valence-corrected chi connectivity index (χ0v) is 12.1. The number of rotatable bonds is 5. The molecule has 2 aromatic rings. The lowest BCUT2D eigenvalue weighted by Crippen LogP contribution is -2.03. The van der Waals surface area contributed by atoms with Gasteiger partial charge >= 0.3 is 0 Å². The molecule has 0 aliphatic heterocycles. The Kier molecular flexibility index (Phi) is 4.82. The van der Waals surface area contributed by atoms with Crippen molar-refractivity contribution in [3.05, 3.63) is 52.8 Å². The third-order valence-electron chi connectivity index (χ3n) is 2.99. The fourth-order valence-corrected chi connectivity index (χ4v) is 2.29. The average molecular weight is 294 g/mol. The van der Waals surface area contributed by atoms with Crippen molar-refractivity contribution < 1.29 is 14.6 Å². The Balaban J connectivity index is 2.26. The first-order valence-corrected chi connectivity index (χ1v) is 6.52. The molecule has 2 rings (SSSR count). The van der Waals surface area contributed by atoms with Gasteiger partial charge in [0.15, 0.2) is 11.5 Å². The van der Waals surface area contributed by atoms with Crippen molar-refractivity contribution in [2.75, 3.05) is 14.2 Å². The lowest BCUT2D eigenvalue weighted by molar-refractivity contribution is 0.177. The average Bonchev–Trinajstić information content (AvgIpc) is 2.47. The molecule has 1 aromatic carbocycles. The predicted molar refractivity (Wildman–Crippen MR) is 77.5 cm³/mol. The lowest BCUT2D eigenvalue weighted by Gasteiger charge is -2.15. The first-order chi connectivity index (χ1) is 9.65. The molecule has 0 bridgehead atoms. The van der Waals surface area contributed by atoms with Gasteiger partial charge in [-0.25, -0.2) is 0 Å². The molecule has 0 amide bonds. The summed E-state index contributed by atoms with van der Waals surface area (Å²) >= 11 is 6.13. The number of benzene rings is 1. The fraction of sp³-hybridized carbons (Fsp3) is 0.267. The summed E-state index contributed by atoms with van der Waals surface area (Å²) in [6.07, 6.45) is 3.20. The second-order valence-corrected chi connectivity index (χ2v) is 4.73. The van der Waals surface area contributed by atoms with Crippen molar-refractivity contribution in [1.82, 2.24) is 4.98 Å². The molecule has 106 valence electrons. The molecule has 1 heterocycles. The SMILES string of the molecule is COc1cc(C(O)Cc2cccnc2)cc(Cl)c1OC. The van der Waals surface area contributed by atoms with E-state index < -0.39 is 6.10 Å². The van der Waals surface area contributed by atoms with Gasteiger partial charge in [0.05, 0.1) is 25.3 Å². The molecule has 1 atom stereocenters. The summed E-state index contributed by atoms with van der Waals surface area (Å²) < 4.78 is 10.4. The molecule has 0 fully saturated rings. The molecule has 0 saturated heterocycles. The number of aromatic nitrogens is 1. The number of ether oxygens (including phenoxy) is 2. The van der Waals surface area contributed by atoms with Crippen LogP contribution in [0.3, 0.4) is 0 Å². The second-order valence-electron chi connectivity index (χ2n) is 4.32. The van der Waals surface area contributed by atoms with Gasteiger partial charge in [0.1, 0.15) is 0 Å². The third-order valence-corrected chi connectivity index (χ3v) is 3.27. The van der Waals surface area contributed by atoms with Gasteiger partial charge in [0, 0.05) is 18.8 Å². The molecular formula is C15H16ClNO3. The summed E-state index contributed by atoms with van der Waals surface area (Å²) in [5.41, 5.74) is 1.63. The maximum Gasteiger partial charge on any atom is 0.179 e. The number of aliphatic hydroxyl groups excluding tert-OH is 1. The number of pyridine rings is 1. The number of nitrogens with zero attached hydrogens (tertiary/aromatic N) is 1. The Labute approximate surface area is 122 Å². The Morgan fingerprint density at radius 3 is 2.70 bits per heavy atom. The van der Waals surface area contributed by atoms with Crippen LogP contribution in [-0.2, 0) is 6.42 Å². The van der Waals surface area contributed by atoms with Crippen molar-refractivity contribution in [2.24, 2.45) is 0 Å². The van der Waals surface area contributed by atoms with Crippen LogP contribution in [0.2, 0.25) is 5.02 Å². The highest BCUT2D eigenvalue weighted by molar-refractivity contribution is 6.32. The van der Waals surface area contributed by atoms with Crippen LogP contribution in [0.5, 0.6) is 11.5 Å². The van der Waals surface area contributed by atoms with Crippen molar-refractivity contribution in [2.45, 2.75) is 12.5 Å². The van der Waals surface area contributed by atoms with Crippen LogP contribution >= 0.6 is 11.6 Å². The van der Waals surface area contributed by atoms with E-state index in [2.05, 4.69) is 4.98 Å². The highest BCUT2D eigenvalue weighted by atomic mass is 35.5. The summed E-state index contributed by atoms with van der Waals surface area (Å²) in [6.45, 7) is 0. The normalized spacial score (nSPS) is 12.0. The van der Waals surface area contributed by atoms with E-state index in [0.29, 0.717) is 28.5 Å². The van der Waals surface area contributed by atoms with E-state index in [-0.39, 0.29) is 0 Å². The highest BCUT2D eigenvalue weighted by Gasteiger charge is 2.16. The first-order valence-electron chi connectivity index (χ1n) is 6.14. The topological polar surface area (TPSA) is 51.6 Å². The third kappa shape index (κ3) is 3.21. The smallest absolute Gasteiger partial charge is 0.179 e. The number of halogens is 1. The number of methoxy groups -OCH3 is 2. The molecule has 4 nitrogen and oxygen atoms in total. The Morgan fingerprint density at radius 1 is 1.30 bits per heavy atom. The summed E-state index contributed by atoms with van der Waals surface area (Å²) in [5, 5.41) is 10.7. The minimum Gasteiger partial charge on any atom is -0.493 e. The zero-order chi connectivity index (χ0) is 14.5. The van der Waals surface area contributed by atoms with Gasteiger partial charge < -0.3 is 14.6 Å². The summed E-state index contributed by atoms with van der Waals surface area (Å²) in [7, 11) is 3.06. The molecular weight excluding hydrogens is 278 g/mol. The molecule has 1 N–H and O–H groups in total. The van der Waals surface area contributed by atoms with E-state index in [9.17, 15) is 5.11 Å². The van der Waals surface area contributed by atoms with Crippen LogP contribution in [0.4, 0.5) is 0 Å². The lowest BCUT2D eigenvalue weighted by atomic mass is 10.0. The van der Waals surface area contributed by atoms with Crippen molar-refractivity contribution >= 4 is 11.6 Å². The number of aliphatic hydroxyl groups is 1. The summed E-state index contributed by atoms with van der Waals surface area (Å²) in [6, 6.07) is 7.16. The number of hydrogen-bond acceptors (Lipinski definition) is 4. The van der Waals surface area contributed by atoms with Gasteiger partial charge in [-0.1, -0.05) is 17.7 Å². The van der Waals surface area contributed by atoms with Gasteiger partial charge in [-0.3, -0.25) is 4.98 Å². The molecule has 1 unspecified atom stereocenters. The van der Waals surface area contributed by atoms with Crippen molar-refractivity contribution in [3.63, 3.8) is 0 Å². The molecule has 0 radical (unpaired) electrons. The Morgan fingerprint density at radius 2 is 2.10 bits per heavy atom. The van der Waals surface area contributed by atoms with E-state index in [1.807, 2.05) is 12.1 Å². The van der Waals surface area contributed by atoms with Gasteiger partial charge in [-0.15, -0.1) is 0 Å². The van der Waals surface area contributed by atoms with Crippen LogP contribution in [0.15, 0.2) is 36.7 Å². The van der Waals surface area contributed by atoms with E-state index >= 15 is 0 Å². The molecule has 20 heavy (non-hydrogen) atoms. The van der Waals surface area contributed by atoms with E-state index in [1.165, 1.54) is 14.2 Å². The van der Waals surface area contributed by atoms with Gasteiger partial charge in [-0.2, -0.15) is 0 Å². The molecule has 0 saturated carbocycles. The molecule has 0 aliphatic rings. The van der Waals surface area contributed by atoms with Crippen molar-refractivity contribution in [3.8, 4) is 11.5 Å². The van der Waals surface area contributed by atoms with Gasteiger partial charge in [-0.05, 0) is 29.3 Å². The molecule has 1 aromatic heterocycles. The van der Waals surface area contributed by atoms with Crippen LogP contribution < -0.4 is 9.47 Å². The van der Waals surface area contributed by atoms with E-state index in [4.69, 9.17) is 21.1 Å². The largest absolute Gasteiger partial charge is 0.493 e. The maximum atomic E-state index is 10.3. The maximum absolute atomic E-state index is 10.3. The van der Waals surface area contributed by atoms with Crippen LogP contribution in [-0.4, -0.2) is 24.3 Å². The second kappa shape index (κ2) is 6.59. The van der Waals surface area contributed by atoms with Crippen molar-refractivity contribution in [1.29, 1.82) is 0 Å². The highest BCUT2D eigenvalue weighted by Crippen LogP contribution is 2.38. The molecule has 5 heteroatoms. The zero-order valence-electron chi connectivity index (χ0n) is 11.3. The Hall–Kier alpha value is -1.78. The Bertz CT molecular complexity index is 575. The minimum absolute atomic E-state index is 0.409. The monoisotopic (exact) mass is 293 g/mol. The van der Waals surface area contributed by atoms with E-state index in [0.717, 1.165) is 5.56 Å². The first kappa shape index (κ1) is 14.6. The summed E-state index contributed by atoms with van der Waals surface area (Å²) in [4.78, 5) is 4.03. The minimum atomic E-state index is -0.684. The summed E-state index contributed by atoms with van der Waals surface area (Å²) in [5.74, 6) is 0.965. The van der Waals surface area contributed by atoms with Gasteiger partial charge in [0.25, 0.3) is 0 Å². The fourth-order valence-electron chi connectivity index (χ4n) is 1.99. The van der Waals surface area contributed by atoms with E-state index in [1.54, 1.807) is 24.5 Å². The molecule has 0 aliphatic carbocycles.